The molecule has 6 heteroatoms. The number of methoxy groups -OCH3 is 2. The summed E-state index contributed by atoms with van der Waals surface area (Å²) < 4.78 is 19.8. The van der Waals surface area contributed by atoms with Crippen LogP contribution in [0, 0.1) is 11.8 Å². The van der Waals surface area contributed by atoms with Crippen LogP contribution in [0.5, 0.6) is 0 Å². The molecule has 2 aliphatic rings. The Labute approximate surface area is 86.4 Å². The van der Waals surface area contributed by atoms with E-state index in [2.05, 4.69) is 4.74 Å². The van der Waals surface area contributed by atoms with E-state index in [4.69, 9.17) is 14.2 Å². The molecule has 0 aliphatic carbocycles. The van der Waals surface area contributed by atoms with E-state index in [9.17, 15) is 9.59 Å². The van der Waals surface area contributed by atoms with Gasteiger partial charge >= 0.3 is 11.9 Å². The lowest BCUT2D eigenvalue weighted by Gasteiger charge is -2.17. The first-order chi connectivity index (χ1) is 7.19. The second kappa shape index (κ2) is 3.79. The second-order valence-corrected chi connectivity index (χ2v) is 3.49. The molecule has 2 aliphatic heterocycles. The summed E-state index contributed by atoms with van der Waals surface area (Å²) in [6, 6.07) is 0. The van der Waals surface area contributed by atoms with Crippen LogP contribution in [0.15, 0.2) is 0 Å². The SMILES string of the molecule is COC(=O)[C@@H]1C(=O)OC2COC(OC)[C@H]21. The summed E-state index contributed by atoms with van der Waals surface area (Å²) in [5.74, 6) is -2.47. The number of carbonyl (C=O) groups is 2. The van der Waals surface area contributed by atoms with Crippen molar-refractivity contribution in [1.29, 1.82) is 0 Å². The highest BCUT2D eigenvalue weighted by atomic mass is 16.7. The van der Waals surface area contributed by atoms with Crippen LogP contribution in [-0.4, -0.2) is 45.2 Å². The van der Waals surface area contributed by atoms with Crippen LogP contribution < -0.4 is 0 Å². The Balaban J connectivity index is 2.21. The van der Waals surface area contributed by atoms with Crippen molar-refractivity contribution in [2.75, 3.05) is 20.8 Å². The summed E-state index contributed by atoms with van der Waals surface area (Å²) in [4.78, 5) is 22.8. The van der Waals surface area contributed by atoms with Gasteiger partial charge in [0.05, 0.1) is 19.6 Å². The fourth-order valence-electron chi connectivity index (χ4n) is 2.06. The van der Waals surface area contributed by atoms with Crippen LogP contribution in [0.25, 0.3) is 0 Å². The Bertz CT molecular complexity index is 280. The largest absolute Gasteiger partial charge is 0.468 e. The van der Waals surface area contributed by atoms with Gasteiger partial charge in [-0.05, 0) is 0 Å². The fraction of sp³-hybridized carbons (Fsp3) is 0.778. The van der Waals surface area contributed by atoms with E-state index in [1.54, 1.807) is 0 Å². The van der Waals surface area contributed by atoms with Gasteiger partial charge in [-0.1, -0.05) is 0 Å². The highest BCUT2D eigenvalue weighted by Crippen LogP contribution is 2.38. The highest BCUT2D eigenvalue weighted by Gasteiger charge is 2.57. The molecule has 2 saturated heterocycles. The zero-order valence-corrected chi connectivity index (χ0v) is 8.47. The van der Waals surface area contributed by atoms with Gasteiger partial charge in [0.1, 0.15) is 6.10 Å². The zero-order valence-electron chi connectivity index (χ0n) is 8.47. The first kappa shape index (κ1) is 10.4. The zero-order chi connectivity index (χ0) is 11.0. The first-order valence-electron chi connectivity index (χ1n) is 4.61. The van der Waals surface area contributed by atoms with E-state index in [1.165, 1.54) is 14.2 Å². The molecule has 6 nitrogen and oxygen atoms in total. The van der Waals surface area contributed by atoms with E-state index in [0.717, 1.165) is 0 Å². The predicted molar refractivity (Wildman–Crippen MR) is 45.6 cm³/mol. The number of ether oxygens (including phenoxy) is 4. The van der Waals surface area contributed by atoms with E-state index < -0.39 is 36.2 Å². The maximum Gasteiger partial charge on any atom is 0.321 e. The molecule has 4 atom stereocenters. The molecule has 2 rings (SSSR count). The molecule has 2 unspecified atom stereocenters. The lowest BCUT2D eigenvalue weighted by Crippen LogP contribution is -2.34. The van der Waals surface area contributed by atoms with Crippen LogP contribution in [0.4, 0.5) is 0 Å². The molecule has 0 aromatic carbocycles. The molecule has 2 heterocycles. The van der Waals surface area contributed by atoms with E-state index >= 15 is 0 Å². The van der Waals surface area contributed by atoms with Crippen molar-refractivity contribution >= 4 is 11.9 Å². The Morgan fingerprint density at radius 2 is 2.20 bits per heavy atom. The third kappa shape index (κ3) is 1.49. The van der Waals surface area contributed by atoms with Crippen LogP contribution >= 0.6 is 0 Å². The summed E-state index contributed by atoms with van der Waals surface area (Å²) in [6.45, 7) is 0.266. The maximum atomic E-state index is 11.4. The third-order valence-electron chi connectivity index (χ3n) is 2.76. The molecular weight excluding hydrogens is 204 g/mol. The smallest absolute Gasteiger partial charge is 0.321 e. The quantitative estimate of drug-likeness (QED) is 0.450. The van der Waals surface area contributed by atoms with E-state index in [-0.39, 0.29) is 6.61 Å². The molecule has 0 bridgehead atoms. The lowest BCUT2D eigenvalue weighted by atomic mass is 9.91. The first-order valence-corrected chi connectivity index (χ1v) is 4.61. The predicted octanol–water partition coefficient (Wildman–Crippen LogP) is -0.680. The minimum Gasteiger partial charge on any atom is -0.468 e. The van der Waals surface area contributed by atoms with Gasteiger partial charge in [-0.2, -0.15) is 0 Å². The van der Waals surface area contributed by atoms with Crippen LogP contribution in [0.3, 0.4) is 0 Å². The Morgan fingerprint density at radius 1 is 1.47 bits per heavy atom. The molecule has 0 saturated carbocycles. The molecular formula is C9H12O6. The molecule has 0 radical (unpaired) electrons. The van der Waals surface area contributed by atoms with Gasteiger partial charge in [-0.15, -0.1) is 0 Å². The topological polar surface area (TPSA) is 71.1 Å². The summed E-state index contributed by atoms with van der Waals surface area (Å²) in [5, 5.41) is 0. The van der Waals surface area contributed by atoms with Crippen molar-refractivity contribution in [2.24, 2.45) is 11.8 Å². The maximum absolute atomic E-state index is 11.4. The van der Waals surface area contributed by atoms with Crippen molar-refractivity contribution in [3.8, 4) is 0 Å². The summed E-state index contributed by atoms with van der Waals surface area (Å²) >= 11 is 0. The van der Waals surface area contributed by atoms with Crippen LogP contribution in [-0.2, 0) is 28.5 Å². The van der Waals surface area contributed by atoms with Gasteiger partial charge in [0.25, 0.3) is 0 Å². The second-order valence-electron chi connectivity index (χ2n) is 3.49. The van der Waals surface area contributed by atoms with Gasteiger partial charge in [-0.25, -0.2) is 0 Å². The van der Waals surface area contributed by atoms with Crippen LogP contribution in [0.1, 0.15) is 0 Å². The van der Waals surface area contributed by atoms with E-state index in [1.807, 2.05) is 0 Å². The van der Waals surface area contributed by atoms with Gasteiger partial charge < -0.3 is 18.9 Å². The van der Waals surface area contributed by atoms with Crippen molar-refractivity contribution < 1.29 is 28.5 Å². The van der Waals surface area contributed by atoms with Crippen molar-refractivity contribution in [1.82, 2.24) is 0 Å². The molecule has 2 fully saturated rings. The molecule has 15 heavy (non-hydrogen) atoms. The van der Waals surface area contributed by atoms with Crippen molar-refractivity contribution in [2.45, 2.75) is 12.4 Å². The molecule has 0 N–H and O–H groups in total. The Hall–Kier alpha value is -1.14. The fourth-order valence-corrected chi connectivity index (χ4v) is 2.06. The standard InChI is InChI=1S/C9H12O6/c1-12-7(10)6-5-4(15-8(6)11)3-14-9(5)13-2/h4-6,9H,3H2,1-2H3/t4?,5-,6-,9?/m1/s1. The highest BCUT2D eigenvalue weighted by molar-refractivity contribution is 5.96. The monoisotopic (exact) mass is 216 g/mol. The minimum atomic E-state index is -0.924. The number of hydrogen-bond acceptors (Lipinski definition) is 6. The molecule has 0 aromatic rings. The summed E-state index contributed by atoms with van der Waals surface area (Å²) in [6.07, 6.45) is -0.975. The van der Waals surface area contributed by atoms with Gasteiger partial charge in [-0.3, -0.25) is 9.59 Å². The number of rotatable bonds is 2. The third-order valence-corrected chi connectivity index (χ3v) is 2.76. The summed E-state index contributed by atoms with van der Waals surface area (Å²) in [7, 11) is 2.70. The van der Waals surface area contributed by atoms with Gasteiger partial charge in [0.15, 0.2) is 12.2 Å². The van der Waals surface area contributed by atoms with Gasteiger partial charge in [0, 0.05) is 7.11 Å². The Morgan fingerprint density at radius 3 is 2.80 bits per heavy atom. The number of fused-ring (bicyclic) bond motifs is 1. The molecule has 0 amide bonds. The minimum absolute atomic E-state index is 0.266. The Kier molecular flexibility index (Phi) is 2.62. The number of esters is 2. The van der Waals surface area contributed by atoms with Crippen LogP contribution in [0.2, 0.25) is 0 Å². The number of carbonyl (C=O) groups excluding carboxylic acids is 2. The average molecular weight is 216 g/mol. The van der Waals surface area contributed by atoms with Crippen molar-refractivity contribution in [3.63, 3.8) is 0 Å². The van der Waals surface area contributed by atoms with Gasteiger partial charge in [0.2, 0.25) is 0 Å². The lowest BCUT2D eigenvalue weighted by molar-refractivity contribution is -0.165. The average Bonchev–Trinajstić information content (AvgIpc) is 2.74. The summed E-state index contributed by atoms with van der Waals surface area (Å²) in [5.41, 5.74) is 0. The molecule has 0 aromatic heterocycles. The molecule has 84 valence electrons. The van der Waals surface area contributed by atoms with Crippen molar-refractivity contribution in [3.05, 3.63) is 0 Å². The number of hydrogen-bond donors (Lipinski definition) is 0. The van der Waals surface area contributed by atoms with E-state index in [0.29, 0.717) is 0 Å². The normalized spacial score (nSPS) is 38.7. The molecule has 0 spiro atoms.